The number of aromatic nitrogens is 3. The van der Waals surface area contributed by atoms with Gasteiger partial charge in [-0.15, -0.1) is 0 Å². The standard InChI is InChI=1S/C48H54BrF3N9O4P/c1-6-28-19-39(56-47-53-24-33(49)45(58-47)55-38-9-8-37-32(44(38)66(4,5)64)22-34(50)27(2)54-37)41(65-3)23-40(28)59-15-11-29(12-16-59)60-17-13-48(25-60)14-18-61(26-48)30-20-35(51)43(36(52)21-30)31-7-10-42(62)57-46(31)63/h8-9,19-24,29,31H,6-7,10-18,25-26H2,1-5H3,(H,57,62,63)(H2,53,55,56,58)/t31-,48?/m1/s1. The van der Waals surface area contributed by atoms with Crippen molar-refractivity contribution >= 4 is 85.6 Å². The Morgan fingerprint density at radius 3 is 2.35 bits per heavy atom. The molecule has 3 N–H and O–H groups in total. The third-order valence-electron chi connectivity index (χ3n) is 13.9. The highest BCUT2D eigenvalue weighted by molar-refractivity contribution is 9.10. The van der Waals surface area contributed by atoms with Crippen LogP contribution in [0.5, 0.6) is 5.75 Å². The van der Waals surface area contributed by atoms with Crippen LogP contribution in [0.1, 0.15) is 68.2 Å². The van der Waals surface area contributed by atoms with Crippen molar-refractivity contribution in [1.29, 1.82) is 0 Å². The number of likely N-dealkylation sites (tertiary alicyclic amines) is 1. The number of nitrogens with one attached hydrogen (secondary N) is 3. The number of hydrogen-bond acceptors (Lipinski definition) is 12. The molecule has 0 aliphatic carbocycles. The van der Waals surface area contributed by atoms with Crippen molar-refractivity contribution in [3.05, 3.63) is 87.4 Å². The van der Waals surface area contributed by atoms with Crippen LogP contribution in [0.2, 0.25) is 0 Å². The first-order chi connectivity index (χ1) is 31.5. The minimum atomic E-state index is -2.93. The van der Waals surface area contributed by atoms with Crippen LogP contribution in [0.25, 0.3) is 10.9 Å². The van der Waals surface area contributed by atoms with Crippen LogP contribution in [-0.4, -0.2) is 97.4 Å². The van der Waals surface area contributed by atoms with Gasteiger partial charge in [0.2, 0.25) is 17.8 Å². The van der Waals surface area contributed by atoms with Crippen LogP contribution in [0.15, 0.2) is 53.1 Å². The second kappa shape index (κ2) is 18.1. The summed E-state index contributed by atoms with van der Waals surface area (Å²) in [6.45, 7) is 12.1. The van der Waals surface area contributed by atoms with E-state index in [1.807, 2.05) is 0 Å². The summed E-state index contributed by atoms with van der Waals surface area (Å²) in [7, 11) is -1.29. The maximum Gasteiger partial charge on any atom is 0.234 e. The van der Waals surface area contributed by atoms with Crippen molar-refractivity contribution in [3.8, 4) is 5.75 Å². The first-order valence-electron chi connectivity index (χ1n) is 22.5. The summed E-state index contributed by atoms with van der Waals surface area (Å²) in [5, 5.41) is 9.86. The molecular formula is C48H54BrF3N9O4P. The van der Waals surface area contributed by atoms with Gasteiger partial charge < -0.3 is 29.7 Å². The molecule has 2 amide bonds. The zero-order valence-corrected chi connectivity index (χ0v) is 40.2. The number of anilines is 6. The van der Waals surface area contributed by atoms with Gasteiger partial charge >= 0.3 is 0 Å². The maximum absolute atomic E-state index is 15.4. The number of pyridine rings is 1. The van der Waals surface area contributed by atoms with Crippen LogP contribution in [0.4, 0.5) is 47.7 Å². The molecule has 18 heteroatoms. The number of methoxy groups -OCH3 is 1. The zero-order chi connectivity index (χ0) is 46.7. The lowest BCUT2D eigenvalue weighted by Gasteiger charge is -2.39. The predicted octanol–water partition coefficient (Wildman–Crippen LogP) is 8.91. The van der Waals surface area contributed by atoms with Crippen molar-refractivity contribution in [1.82, 2.24) is 25.2 Å². The monoisotopic (exact) mass is 987 g/mol. The molecule has 66 heavy (non-hydrogen) atoms. The smallest absolute Gasteiger partial charge is 0.234 e. The fourth-order valence-electron chi connectivity index (χ4n) is 10.5. The number of hydrogen-bond donors (Lipinski definition) is 3. The van der Waals surface area contributed by atoms with Crippen molar-refractivity contribution in [2.24, 2.45) is 5.41 Å². The molecule has 6 heterocycles. The van der Waals surface area contributed by atoms with Crippen molar-refractivity contribution in [2.45, 2.75) is 70.8 Å². The van der Waals surface area contributed by atoms with E-state index in [4.69, 9.17) is 9.72 Å². The van der Waals surface area contributed by atoms with Crippen LogP contribution in [0.3, 0.4) is 0 Å². The average Bonchev–Trinajstić information content (AvgIpc) is 3.91. The topological polar surface area (TPSA) is 145 Å². The molecule has 1 unspecified atom stereocenters. The van der Waals surface area contributed by atoms with Crippen molar-refractivity contribution in [2.75, 3.05) is 80.1 Å². The number of carbonyl (C=O) groups excluding carboxylic acids is 2. The van der Waals surface area contributed by atoms with E-state index in [1.54, 1.807) is 45.7 Å². The van der Waals surface area contributed by atoms with Gasteiger partial charge in [0, 0.05) is 90.5 Å². The third kappa shape index (κ3) is 8.98. The third-order valence-corrected chi connectivity index (χ3v) is 16.0. The number of halogens is 4. The Kier molecular flexibility index (Phi) is 12.6. The Hall–Kier alpha value is -5.25. The Bertz CT molecular complexity index is 2780. The molecule has 0 saturated carbocycles. The van der Waals surface area contributed by atoms with E-state index in [-0.39, 0.29) is 29.5 Å². The predicted molar refractivity (Wildman–Crippen MR) is 256 cm³/mol. The largest absolute Gasteiger partial charge is 0.494 e. The number of imide groups is 1. The summed E-state index contributed by atoms with van der Waals surface area (Å²) in [6.07, 6.45) is 6.53. The lowest BCUT2D eigenvalue weighted by Crippen LogP contribution is -2.45. The van der Waals surface area contributed by atoms with Gasteiger partial charge in [-0.05, 0) is 123 Å². The van der Waals surface area contributed by atoms with Gasteiger partial charge in [0.1, 0.15) is 36.2 Å². The van der Waals surface area contributed by atoms with E-state index < -0.39 is 42.3 Å². The Balaban J connectivity index is 0.850. The number of piperidine rings is 2. The quantitative estimate of drug-likeness (QED) is 0.0859. The highest BCUT2D eigenvalue weighted by atomic mass is 79.9. The molecule has 348 valence electrons. The number of benzene rings is 3. The molecule has 13 nitrogen and oxygen atoms in total. The first-order valence-corrected chi connectivity index (χ1v) is 25.9. The molecule has 4 aliphatic heterocycles. The minimum absolute atomic E-state index is 0.0411. The summed E-state index contributed by atoms with van der Waals surface area (Å²) >= 11 is 3.56. The highest BCUT2D eigenvalue weighted by Gasteiger charge is 2.46. The highest BCUT2D eigenvalue weighted by Crippen LogP contribution is 2.45. The molecule has 4 saturated heterocycles. The molecule has 0 radical (unpaired) electrons. The van der Waals surface area contributed by atoms with Gasteiger partial charge in [-0.3, -0.25) is 24.8 Å². The van der Waals surface area contributed by atoms with Gasteiger partial charge in [-0.25, -0.2) is 18.2 Å². The molecule has 1 spiro atoms. The normalized spacial score (nSPS) is 20.7. The van der Waals surface area contributed by atoms with Crippen LogP contribution in [0, 0.1) is 29.8 Å². The van der Waals surface area contributed by atoms with Crippen LogP contribution < -0.4 is 35.8 Å². The second-order valence-corrected chi connectivity index (χ2v) is 22.6. The van der Waals surface area contributed by atoms with Crippen molar-refractivity contribution in [3.63, 3.8) is 0 Å². The van der Waals surface area contributed by atoms with E-state index in [0.29, 0.717) is 74.4 Å². The molecule has 9 rings (SSSR count). The van der Waals surface area contributed by atoms with Gasteiger partial charge in [-0.2, -0.15) is 4.98 Å². The molecule has 2 aromatic heterocycles. The summed E-state index contributed by atoms with van der Waals surface area (Å²) in [5.74, 6) is -2.67. The van der Waals surface area contributed by atoms with Crippen LogP contribution in [-0.2, 0) is 20.6 Å². The molecule has 0 bridgehead atoms. The second-order valence-electron chi connectivity index (χ2n) is 18.5. The van der Waals surface area contributed by atoms with E-state index in [2.05, 4.69) is 75.6 Å². The van der Waals surface area contributed by atoms with Gasteiger partial charge in [0.15, 0.2) is 0 Å². The minimum Gasteiger partial charge on any atom is -0.494 e. The Morgan fingerprint density at radius 1 is 0.909 bits per heavy atom. The van der Waals surface area contributed by atoms with E-state index in [0.717, 1.165) is 69.5 Å². The van der Waals surface area contributed by atoms with Crippen LogP contribution >= 0.6 is 23.1 Å². The lowest BCUT2D eigenvalue weighted by molar-refractivity contribution is -0.134. The van der Waals surface area contributed by atoms with E-state index in [1.165, 1.54) is 18.2 Å². The number of amides is 2. The summed E-state index contributed by atoms with van der Waals surface area (Å²) in [5.41, 5.74) is 4.61. The molecule has 5 aromatic rings. The summed E-state index contributed by atoms with van der Waals surface area (Å²) < 4.78 is 65.8. The van der Waals surface area contributed by atoms with Gasteiger partial charge in [-0.1, -0.05) is 6.92 Å². The van der Waals surface area contributed by atoms with Gasteiger partial charge in [0.25, 0.3) is 0 Å². The molecule has 3 aromatic carbocycles. The molecule has 2 atom stereocenters. The average molecular weight is 989 g/mol. The first kappa shape index (κ1) is 45.9. The number of ether oxygens (including phenoxy) is 1. The number of fused-ring (bicyclic) bond motifs is 1. The van der Waals surface area contributed by atoms with E-state index >= 15 is 8.78 Å². The summed E-state index contributed by atoms with van der Waals surface area (Å²) in [4.78, 5) is 44.9. The zero-order valence-electron chi connectivity index (χ0n) is 37.7. The van der Waals surface area contributed by atoms with Gasteiger partial charge in [0.05, 0.1) is 40.1 Å². The fraction of sp³-hybridized carbons (Fsp3) is 0.438. The fourth-order valence-corrected chi connectivity index (χ4v) is 12.3. The number of aryl methyl sites for hydroxylation is 2. The number of rotatable bonds is 11. The molecule has 4 fully saturated rings. The summed E-state index contributed by atoms with van der Waals surface area (Å²) in [6, 6.07) is 12.2. The van der Waals surface area contributed by atoms with Crippen molar-refractivity contribution < 1.29 is 32.1 Å². The number of carbonyl (C=O) groups is 2. The lowest BCUT2D eigenvalue weighted by atomic mass is 9.86. The Morgan fingerprint density at radius 2 is 1.65 bits per heavy atom. The van der Waals surface area contributed by atoms with E-state index in [9.17, 15) is 18.5 Å². The molecule has 4 aliphatic rings. The number of nitrogens with zero attached hydrogens (tertiary/aromatic N) is 6. The SMILES string of the molecule is CCc1cc(Nc2ncc(Br)c(Nc3ccc4nc(C)c(F)cc4c3P(C)(C)=O)n2)c(OC)cc1N1CCC(N2CCC3(CCN(c4cc(F)c([C@H]5CCC(=O)NC5=O)c(F)c4)C3)C2)CC1. The Labute approximate surface area is 390 Å². The molecular weight excluding hydrogens is 934 g/mol. The maximum atomic E-state index is 15.4.